The molecule has 32 heavy (non-hydrogen) atoms. The van der Waals surface area contributed by atoms with Crippen LogP contribution in [0.2, 0.25) is 0 Å². The number of rotatable bonds is 11. The van der Waals surface area contributed by atoms with Crippen LogP contribution in [0, 0.1) is 0 Å². The van der Waals surface area contributed by atoms with Gasteiger partial charge in [-0.05, 0) is 12.8 Å². The van der Waals surface area contributed by atoms with E-state index in [2.05, 4.69) is 19.9 Å². The molecule has 0 aliphatic heterocycles. The molecule has 2 aromatic rings. The van der Waals surface area contributed by atoms with Gasteiger partial charge in [0.1, 0.15) is 11.4 Å². The summed E-state index contributed by atoms with van der Waals surface area (Å²) >= 11 is 0. The van der Waals surface area contributed by atoms with Crippen LogP contribution in [0.1, 0.15) is 72.3 Å². The molecule has 12 nitrogen and oxygen atoms in total. The molecule has 0 fully saturated rings. The van der Waals surface area contributed by atoms with Crippen molar-refractivity contribution in [2.45, 2.75) is 51.4 Å². The molecule has 0 saturated carbocycles. The Morgan fingerprint density at radius 1 is 0.625 bits per heavy atom. The zero-order valence-corrected chi connectivity index (χ0v) is 17.6. The predicted octanol–water partition coefficient (Wildman–Crippen LogP) is 1.43. The van der Waals surface area contributed by atoms with Crippen LogP contribution in [-0.2, 0) is 9.59 Å². The van der Waals surface area contributed by atoms with Gasteiger partial charge in [-0.3, -0.25) is 29.1 Å². The summed E-state index contributed by atoms with van der Waals surface area (Å²) in [5.41, 5.74) is 10.1. The van der Waals surface area contributed by atoms with Gasteiger partial charge < -0.3 is 21.7 Å². The van der Waals surface area contributed by atoms with Gasteiger partial charge in [0, 0.05) is 37.6 Å². The number of aromatic nitrogens is 4. The minimum atomic E-state index is -0.740. The normalized spacial score (nSPS) is 9.38. The SMILES string of the molecule is NC(=O)c1cnccn1.NC(=O)c1cnccn1.O=C(O)CCCCCCCCC(=O)O. The number of carbonyl (C=O) groups is 4. The van der Waals surface area contributed by atoms with E-state index in [1.807, 2.05) is 0 Å². The number of carboxylic acid groups (broad SMARTS) is 2. The first-order chi connectivity index (χ1) is 15.2. The number of hydrogen-bond donors (Lipinski definition) is 4. The number of hydrogen-bond acceptors (Lipinski definition) is 8. The molecule has 0 saturated heterocycles. The maximum absolute atomic E-state index is 10.3. The number of nitrogens with zero attached hydrogens (tertiary/aromatic N) is 4. The highest BCUT2D eigenvalue weighted by Crippen LogP contribution is 2.08. The van der Waals surface area contributed by atoms with E-state index in [-0.39, 0.29) is 24.2 Å². The zero-order valence-electron chi connectivity index (χ0n) is 17.6. The Balaban J connectivity index is 0.000000466. The summed E-state index contributed by atoms with van der Waals surface area (Å²) in [6.45, 7) is 0. The lowest BCUT2D eigenvalue weighted by molar-refractivity contribution is -0.138. The van der Waals surface area contributed by atoms with Gasteiger partial charge in [0.2, 0.25) is 0 Å². The van der Waals surface area contributed by atoms with E-state index in [4.69, 9.17) is 21.7 Å². The first-order valence-corrected chi connectivity index (χ1v) is 9.79. The number of carbonyl (C=O) groups excluding carboxylic acids is 2. The standard InChI is InChI=1S/C10H18O4.2C5H5N3O/c11-9(12)7-5-3-1-2-4-6-8-10(13)14;2*6-5(9)4-3-7-1-2-8-4/h1-8H2,(H,11,12)(H,13,14);2*1-3H,(H2,6,9). The van der Waals surface area contributed by atoms with Crippen LogP contribution in [-0.4, -0.2) is 53.9 Å². The molecule has 174 valence electrons. The summed E-state index contributed by atoms with van der Waals surface area (Å²) in [5.74, 6) is -2.59. The van der Waals surface area contributed by atoms with Crippen LogP contribution in [0.3, 0.4) is 0 Å². The van der Waals surface area contributed by atoms with Crippen molar-refractivity contribution >= 4 is 23.8 Å². The van der Waals surface area contributed by atoms with Crippen LogP contribution in [0.15, 0.2) is 37.2 Å². The largest absolute Gasteiger partial charge is 0.481 e. The van der Waals surface area contributed by atoms with Gasteiger partial charge in [-0.15, -0.1) is 0 Å². The van der Waals surface area contributed by atoms with Crippen molar-refractivity contribution in [2.24, 2.45) is 11.5 Å². The average molecular weight is 448 g/mol. The number of primary amides is 2. The molecule has 12 heteroatoms. The summed E-state index contributed by atoms with van der Waals surface area (Å²) < 4.78 is 0. The van der Waals surface area contributed by atoms with Gasteiger partial charge in [-0.1, -0.05) is 25.7 Å². The van der Waals surface area contributed by atoms with E-state index in [0.717, 1.165) is 38.5 Å². The Morgan fingerprint density at radius 2 is 0.969 bits per heavy atom. The maximum Gasteiger partial charge on any atom is 0.303 e. The van der Waals surface area contributed by atoms with Gasteiger partial charge in [-0.25, -0.2) is 9.97 Å². The highest BCUT2D eigenvalue weighted by Gasteiger charge is 1.99. The zero-order chi connectivity index (χ0) is 24.2. The first kappa shape index (κ1) is 28.0. The fraction of sp³-hybridized carbons (Fsp3) is 0.400. The van der Waals surface area contributed by atoms with Crippen molar-refractivity contribution in [3.05, 3.63) is 48.6 Å². The molecule has 2 aromatic heterocycles. The molecule has 6 N–H and O–H groups in total. The van der Waals surface area contributed by atoms with Gasteiger partial charge in [0.15, 0.2) is 0 Å². The van der Waals surface area contributed by atoms with E-state index in [1.54, 1.807) is 0 Å². The molecular formula is C20H28N6O6. The Kier molecular flexibility index (Phi) is 15.7. The van der Waals surface area contributed by atoms with Crippen molar-refractivity contribution in [2.75, 3.05) is 0 Å². The third kappa shape index (κ3) is 16.9. The van der Waals surface area contributed by atoms with Gasteiger partial charge in [-0.2, -0.15) is 0 Å². The number of carboxylic acids is 2. The van der Waals surface area contributed by atoms with Crippen molar-refractivity contribution in [1.82, 2.24) is 19.9 Å². The summed E-state index contributed by atoms with van der Waals surface area (Å²) in [7, 11) is 0. The molecule has 0 aliphatic rings. The Labute approximate surface area is 185 Å². The van der Waals surface area contributed by atoms with E-state index in [0.29, 0.717) is 0 Å². The van der Waals surface area contributed by atoms with Gasteiger partial charge >= 0.3 is 11.9 Å². The number of unbranched alkanes of at least 4 members (excludes halogenated alkanes) is 5. The van der Waals surface area contributed by atoms with Crippen LogP contribution in [0.25, 0.3) is 0 Å². The van der Waals surface area contributed by atoms with Crippen molar-refractivity contribution in [3.8, 4) is 0 Å². The summed E-state index contributed by atoms with van der Waals surface area (Å²) in [6, 6.07) is 0. The third-order valence-electron chi connectivity index (χ3n) is 3.66. The third-order valence-corrected chi connectivity index (χ3v) is 3.66. The molecule has 0 unspecified atom stereocenters. The summed E-state index contributed by atoms with van der Waals surface area (Å²) in [4.78, 5) is 55.5. The lowest BCUT2D eigenvalue weighted by Gasteiger charge is -1.98. The first-order valence-electron chi connectivity index (χ1n) is 9.79. The Hall–Kier alpha value is -3.96. The molecular weight excluding hydrogens is 420 g/mol. The number of nitrogens with two attached hydrogens (primary N) is 2. The lowest BCUT2D eigenvalue weighted by atomic mass is 10.1. The number of amides is 2. The molecule has 0 spiro atoms. The summed E-state index contributed by atoms with van der Waals surface area (Å²) in [6.07, 6.45) is 14.3. The Morgan fingerprint density at radius 3 is 1.19 bits per heavy atom. The second-order valence-electron chi connectivity index (χ2n) is 6.32. The van der Waals surface area contributed by atoms with Crippen molar-refractivity contribution < 1.29 is 29.4 Å². The van der Waals surface area contributed by atoms with Gasteiger partial charge in [0.05, 0.1) is 12.4 Å². The lowest BCUT2D eigenvalue weighted by Crippen LogP contribution is -2.12. The molecule has 2 amide bonds. The highest BCUT2D eigenvalue weighted by molar-refractivity contribution is 5.90. The molecule has 0 atom stereocenters. The molecule has 0 bridgehead atoms. The fourth-order valence-electron chi connectivity index (χ4n) is 2.11. The van der Waals surface area contributed by atoms with Crippen LogP contribution in [0.5, 0.6) is 0 Å². The maximum atomic E-state index is 10.3. The second kappa shape index (κ2) is 17.9. The molecule has 0 aliphatic carbocycles. The van der Waals surface area contributed by atoms with E-state index >= 15 is 0 Å². The topological polar surface area (TPSA) is 212 Å². The minimum absolute atomic E-state index is 0.192. The van der Waals surface area contributed by atoms with Crippen molar-refractivity contribution in [3.63, 3.8) is 0 Å². The predicted molar refractivity (Wildman–Crippen MR) is 113 cm³/mol. The molecule has 0 aromatic carbocycles. The average Bonchev–Trinajstić information content (AvgIpc) is 2.77. The van der Waals surface area contributed by atoms with E-state index in [9.17, 15) is 19.2 Å². The van der Waals surface area contributed by atoms with Crippen LogP contribution >= 0.6 is 0 Å². The Bertz CT molecular complexity index is 750. The molecule has 2 heterocycles. The van der Waals surface area contributed by atoms with Crippen LogP contribution < -0.4 is 11.5 Å². The smallest absolute Gasteiger partial charge is 0.303 e. The number of aliphatic carboxylic acids is 2. The van der Waals surface area contributed by atoms with Crippen molar-refractivity contribution in [1.29, 1.82) is 0 Å². The minimum Gasteiger partial charge on any atom is -0.481 e. The monoisotopic (exact) mass is 448 g/mol. The summed E-state index contributed by atoms with van der Waals surface area (Å²) in [5, 5.41) is 16.7. The van der Waals surface area contributed by atoms with Crippen LogP contribution in [0.4, 0.5) is 0 Å². The quantitative estimate of drug-likeness (QED) is 0.363. The van der Waals surface area contributed by atoms with E-state index in [1.165, 1.54) is 37.2 Å². The fourth-order valence-corrected chi connectivity index (χ4v) is 2.11. The highest BCUT2D eigenvalue weighted by atomic mass is 16.4. The van der Waals surface area contributed by atoms with E-state index < -0.39 is 23.8 Å². The molecule has 2 rings (SSSR count). The molecule has 0 radical (unpaired) electrons. The van der Waals surface area contributed by atoms with Gasteiger partial charge in [0.25, 0.3) is 11.8 Å². The second-order valence-corrected chi connectivity index (χ2v) is 6.32.